The van der Waals surface area contributed by atoms with Gasteiger partial charge in [0.2, 0.25) is 6.54 Å². The lowest BCUT2D eigenvalue weighted by Crippen LogP contribution is -2.28. The number of carbonyl (C=O) groups excluding carboxylic acids is 1. The average Bonchev–Trinajstić information content (AvgIpc) is 2.36. The van der Waals surface area contributed by atoms with Gasteiger partial charge in [-0.15, -0.1) is 0 Å². The molecule has 1 aromatic rings. The quantitative estimate of drug-likeness (QED) is 0.483. The zero-order valence-corrected chi connectivity index (χ0v) is 11.8. The first kappa shape index (κ1) is 14.2. The molecule has 0 aromatic heterocycles. The van der Waals surface area contributed by atoms with Crippen molar-refractivity contribution >= 4 is 6.29 Å². The molecule has 0 spiro atoms. The van der Waals surface area contributed by atoms with Crippen molar-refractivity contribution < 1.29 is 14.5 Å². The third-order valence-electron chi connectivity index (χ3n) is 3.28. The van der Waals surface area contributed by atoms with Gasteiger partial charge >= 0.3 is 0 Å². The Labute approximate surface area is 117 Å². The van der Waals surface area contributed by atoms with Crippen LogP contribution in [-0.4, -0.2) is 17.8 Å². The molecule has 1 heterocycles. The second-order valence-corrected chi connectivity index (χ2v) is 5.86. The Morgan fingerprint density at radius 1 is 1.35 bits per heavy atom. The van der Waals surface area contributed by atoms with Crippen molar-refractivity contribution in [2.75, 3.05) is 6.54 Å². The normalized spacial score (nSPS) is 18.2. The summed E-state index contributed by atoms with van der Waals surface area (Å²) in [7, 11) is 0. The maximum atomic E-state index is 11.5. The number of para-hydroxylation sites is 1. The number of aldehydes is 1. The van der Waals surface area contributed by atoms with E-state index in [2.05, 4.69) is 0 Å². The molecule has 0 fully saturated rings. The Balaban J connectivity index is 2.61. The lowest BCUT2D eigenvalue weighted by Gasteiger charge is -2.32. The number of ether oxygens (including phenoxy) is 1. The van der Waals surface area contributed by atoms with E-state index in [-0.39, 0.29) is 6.54 Å². The second kappa shape index (κ2) is 5.07. The number of benzene rings is 1. The van der Waals surface area contributed by atoms with E-state index in [4.69, 9.17) is 4.74 Å². The Kier molecular flexibility index (Phi) is 3.61. The van der Waals surface area contributed by atoms with Gasteiger partial charge in [0, 0.05) is 21.5 Å². The monoisotopic (exact) mass is 275 g/mol. The van der Waals surface area contributed by atoms with E-state index < -0.39 is 16.3 Å². The van der Waals surface area contributed by atoms with E-state index in [1.165, 1.54) is 0 Å². The van der Waals surface area contributed by atoms with Gasteiger partial charge < -0.3 is 4.74 Å². The molecule has 0 unspecified atom stereocenters. The molecule has 106 valence electrons. The summed E-state index contributed by atoms with van der Waals surface area (Å²) in [5.74, 6) is 0.551. The summed E-state index contributed by atoms with van der Waals surface area (Å²) >= 11 is 0. The molecular weight excluding hydrogens is 258 g/mol. The predicted octanol–water partition coefficient (Wildman–Crippen LogP) is 2.94. The largest absolute Gasteiger partial charge is 0.460 e. The van der Waals surface area contributed by atoms with Crippen molar-refractivity contribution in [1.82, 2.24) is 0 Å². The van der Waals surface area contributed by atoms with Crippen LogP contribution in [0.5, 0.6) is 5.75 Å². The first-order chi connectivity index (χ1) is 9.34. The van der Waals surface area contributed by atoms with Crippen LogP contribution >= 0.6 is 0 Å². The van der Waals surface area contributed by atoms with Crippen LogP contribution in [0.15, 0.2) is 35.6 Å². The number of hydrogen-bond donors (Lipinski definition) is 0. The fourth-order valence-electron chi connectivity index (χ4n) is 2.42. The molecular formula is C15H17NO4. The molecule has 2 rings (SSSR count). The van der Waals surface area contributed by atoms with Crippen molar-refractivity contribution in [3.8, 4) is 5.75 Å². The summed E-state index contributed by atoms with van der Waals surface area (Å²) in [4.78, 5) is 22.0. The predicted molar refractivity (Wildman–Crippen MR) is 74.2 cm³/mol. The number of carbonyl (C=O) groups is 1. The first-order valence-electron chi connectivity index (χ1n) is 6.43. The van der Waals surface area contributed by atoms with Gasteiger partial charge in [-0.3, -0.25) is 14.9 Å². The SMILES string of the molecule is CC(C)(C)C1=C(C=O)[C@H](C[N+](=O)[O-])c2ccccc2O1. The van der Waals surface area contributed by atoms with Gasteiger partial charge in [-0.2, -0.15) is 0 Å². The lowest BCUT2D eigenvalue weighted by atomic mass is 9.81. The van der Waals surface area contributed by atoms with Crippen LogP contribution in [0.1, 0.15) is 32.3 Å². The third kappa shape index (κ3) is 2.57. The second-order valence-electron chi connectivity index (χ2n) is 5.86. The zero-order valence-electron chi connectivity index (χ0n) is 11.8. The van der Waals surface area contributed by atoms with Gasteiger partial charge in [-0.1, -0.05) is 39.0 Å². The van der Waals surface area contributed by atoms with Crippen molar-refractivity contribution in [3.05, 3.63) is 51.3 Å². The van der Waals surface area contributed by atoms with Crippen molar-refractivity contribution in [2.24, 2.45) is 5.41 Å². The van der Waals surface area contributed by atoms with E-state index in [1.807, 2.05) is 26.8 Å². The minimum atomic E-state index is -0.554. The molecule has 1 aliphatic heterocycles. The molecule has 0 bridgehead atoms. The molecule has 0 amide bonds. The highest BCUT2D eigenvalue weighted by Gasteiger charge is 2.37. The minimum absolute atomic E-state index is 0.311. The smallest absolute Gasteiger partial charge is 0.215 e. The summed E-state index contributed by atoms with van der Waals surface area (Å²) < 4.78 is 5.84. The molecule has 1 aromatic carbocycles. The minimum Gasteiger partial charge on any atom is -0.460 e. The van der Waals surface area contributed by atoms with Gasteiger partial charge in [0.25, 0.3) is 0 Å². The van der Waals surface area contributed by atoms with Crippen LogP contribution < -0.4 is 4.74 Å². The standard InChI is InChI=1S/C15H17NO4/c1-15(2,3)14-12(9-17)11(8-16(18)19)10-6-4-5-7-13(10)20-14/h4-7,9,11H,8H2,1-3H3/t11-/m1/s1. The molecule has 0 N–H and O–H groups in total. The van der Waals surface area contributed by atoms with Crippen LogP contribution in [0, 0.1) is 15.5 Å². The van der Waals surface area contributed by atoms with Crippen LogP contribution in [0.2, 0.25) is 0 Å². The van der Waals surface area contributed by atoms with E-state index in [9.17, 15) is 14.9 Å². The lowest BCUT2D eigenvalue weighted by molar-refractivity contribution is -0.482. The highest BCUT2D eigenvalue weighted by atomic mass is 16.6. The molecule has 1 aliphatic rings. The maximum Gasteiger partial charge on any atom is 0.215 e. The Bertz CT molecular complexity index is 584. The number of fused-ring (bicyclic) bond motifs is 1. The highest BCUT2D eigenvalue weighted by molar-refractivity contribution is 5.79. The van der Waals surface area contributed by atoms with Gasteiger partial charge in [-0.25, -0.2) is 0 Å². The van der Waals surface area contributed by atoms with Gasteiger partial charge in [0.15, 0.2) is 0 Å². The van der Waals surface area contributed by atoms with Crippen LogP contribution in [0.25, 0.3) is 0 Å². The molecule has 5 heteroatoms. The topological polar surface area (TPSA) is 69.4 Å². The molecule has 0 radical (unpaired) electrons. The summed E-state index contributed by atoms with van der Waals surface area (Å²) in [6.45, 7) is 5.45. The van der Waals surface area contributed by atoms with Gasteiger partial charge in [-0.05, 0) is 6.07 Å². The number of hydrogen-bond acceptors (Lipinski definition) is 4. The van der Waals surface area contributed by atoms with Crippen LogP contribution in [-0.2, 0) is 4.79 Å². The fraction of sp³-hybridized carbons (Fsp3) is 0.400. The number of nitrogens with zero attached hydrogens (tertiary/aromatic N) is 1. The highest BCUT2D eigenvalue weighted by Crippen LogP contribution is 2.43. The van der Waals surface area contributed by atoms with Gasteiger partial charge in [0.1, 0.15) is 17.8 Å². The Morgan fingerprint density at radius 2 is 2.00 bits per heavy atom. The number of rotatable bonds is 3. The van der Waals surface area contributed by atoms with Gasteiger partial charge in [0.05, 0.1) is 5.92 Å². The van der Waals surface area contributed by atoms with Crippen LogP contribution in [0.4, 0.5) is 0 Å². The van der Waals surface area contributed by atoms with E-state index in [0.29, 0.717) is 28.9 Å². The van der Waals surface area contributed by atoms with Crippen molar-refractivity contribution in [1.29, 1.82) is 0 Å². The molecule has 0 saturated carbocycles. The zero-order chi connectivity index (χ0) is 14.9. The fourth-order valence-corrected chi connectivity index (χ4v) is 2.42. The molecule has 1 atom stereocenters. The maximum absolute atomic E-state index is 11.5. The summed E-state index contributed by atoms with van der Waals surface area (Å²) in [5.41, 5.74) is 0.672. The number of nitro groups is 1. The van der Waals surface area contributed by atoms with Crippen molar-refractivity contribution in [3.63, 3.8) is 0 Å². The Hall–Kier alpha value is -2.17. The molecule has 0 saturated heterocycles. The molecule has 20 heavy (non-hydrogen) atoms. The molecule has 0 aliphatic carbocycles. The summed E-state index contributed by atoms with van der Waals surface area (Å²) in [5, 5.41) is 10.9. The summed E-state index contributed by atoms with van der Waals surface area (Å²) in [6, 6.07) is 7.15. The summed E-state index contributed by atoms with van der Waals surface area (Å²) in [6.07, 6.45) is 0.685. The number of allylic oxidation sites excluding steroid dienone is 1. The first-order valence-corrected chi connectivity index (χ1v) is 6.43. The third-order valence-corrected chi connectivity index (χ3v) is 3.28. The van der Waals surface area contributed by atoms with E-state index >= 15 is 0 Å². The van der Waals surface area contributed by atoms with Crippen molar-refractivity contribution in [2.45, 2.75) is 26.7 Å². The van der Waals surface area contributed by atoms with E-state index in [1.54, 1.807) is 18.2 Å². The Morgan fingerprint density at radius 3 is 2.55 bits per heavy atom. The average molecular weight is 275 g/mol. The van der Waals surface area contributed by atoms with E-state index in [0.717, 1.165) is 0 Å². The van der Waals surface area contributed by atoms with Crippen LogP contribution in [0.3, 0.4) is 0 Å². The molecule has 5 nitrogen and oxygen atoms in total.